The number of nitrogens with one attached hydrogen (secondary N) is 1. The molecule has 0 saturated heterocycles. The molecule has 0 aliphatic carbocycles. The maximum Gasteiger partial charge on any atom is 0.241 e. The van der Waals surface area contributed by atoms with Crippen LogP contribution in [-0.4, -0.2) is 56.9 Å². The molecule has 0 aromatic heterocycles. The normalized spacial score (nSPS) is 13.6. The van der Waals surface area contributed by atoms with E-state index in [0.717, 1.165) is 21.7 Å². The van der Waals surface area contributed by atoms with Gasteiger partial charge in [0.05, 0.1) is 25.5 Å². The molecule has 2 aromatic rings. The molecule has 0 bridgehead atoms. The van der Waals surface area contributed by atoms with E-state index in [4.69, 9.17) is 4.74 Å². The monoisotopic (exact) mass is 418 g/mol. The van der Waals surface area contributed by atoms with Crippen molar-refractivity contribution in [1.82, 2.24) is 9.62 Å². The van der Waals surface area contributed by atoms with Gasteiger partial charge in [0, 0.05) is 7.05 Å². The van der Waals surface area contributed by atoms with Crippen LogP contribution in [0.3, 0.4) is 0 Å². The fourth-order valence-corrected chi connectivity index (χ4v) is 3.34. The summed E-state index contributed by atoms with van der Waals surface area (Å²) >= 11 is 0. The van der Waals surface area contributed by atoms with Gasteiger partial charge in [-0.3, -0.25) is 4.79 Å². The number of nitrogens with zero attached hydrogens (tertiary/aromatic N) is 1. The zero-order valence-electron chi connectivity index (χ0n) is 16.5. The molecule has 29 heavy (non-hydrogen) atoms. The van der Waals surface area contributed by atoms with Crippen molar-refractivity contribution in [3.63, 3.8) is 0 Å². The van der Waals surface area contributed by atoms with Crippen molar-refractivity contribution in [2.24, 2.45) is 0 Å². The van der Waals surface area contributed by atoms with Crippen LogP contribution in [0, 0.1) is 0 Å². The van der Waals surface area contributed by atoms with E-state index in [0.29, 0.717) is 12.7 Å². The summed E-state index contributed by atoms with van der Waals surface area (Å²) < 4.78 is 30.5. The second-order valence-electron chi connectivity index (χ2n) is 6.74. The second-order valence-corrected chi connectivity index (χ2v) is 8.78. The highest BCUT2D eigenvalue weighted by Gasteiger charge is 2.30. The number of hydrogen-bond donors (Lipinski definition) is 1. The first-order valence-electron chi connectivity index (χ1n) is 9.15. The molecule has 0 saturated carbocycles. The third kappa shape index (κ3) is 7.41. The molecule has 8 heteroatoms. The number of carbonyl (C=O) groups is 2. The minimum Gasteiger partial charge on any atom is -0.375 e. The predicted molar refractivity (Wildman–Crippen MR) is 111 cm³/mol. The molecule has 0 unspecified atom stereocenters. The van der Waals surface area contributed by atoms with E-state index in [1.54, 1.807) is 0 Å². The summed E-state index contributed by atoms with van der Waals surface area (Å²) in [6, 6.07) is 16.7. The molecule has 2 atom stereocenters. The maximum absolute atomic E-state index is 12.8. The number of likely N-dealkylation sites (N-methyl/N-ethyl adjacent to an activating group) is 1. The second kappa shape index (κ2) is 10.8. The number of carbonyl (C=O) groups excluding carboxylic acids is 2. The third-order valence-corrected chi connectivity index (χ3v) is 5.74. The molecule has 2 aromatic carbocycles. The fourth-order valence-electron chi connectivity index (χ4n) is 2.72. The lowest BCUT2D eigenvalue weighted by Crippen LogP contribution is -2.52. The van der Waals surface area contributed by atoms with Crippen LogP contribution in [0.15, 0.2) is 60.7 Å². The molecule has 0 aliphatic rings. The SMILES string of the molecule is CN([C@H](COCc1ccccc1)C(=O)N[C@H](C=O)Cc1ccccc1)S(C)(=O)=O. The van der Waals surface area contributed by atoms with E-state index in [9.17, 15) is 18.0 Å². The van der Waals surface area contributed by atoms with Crippen molar-refractivity contribution in [2.45, 2.75) is 25.1 Å². The lowest BCUT2D eigenvalue weighted by atomic mass is 10.1. The summed E-state index contributed by atoms with van der Waals surface area (Å²) in [7, 11) is -2.32. The Morgan fingerprint density at radius 2 is 1.62 bits per heavy atom. The Kier molecular flexibility index (Phi) is 8.50. The summed E-state index contributed by atoms with van der Waals surface area (Å²) in [6.07, 6.45) is 1.98. The van der Waals surface area contributed by atoms with Gasteiger partial charge in [-0.1, -0.05) is 60.7 Å². The molecule has 0 fully saturated rings. The first kappa shape index (κ1) is 22.7. The summed E-state index contributed by atoms with van der Waals surface area (Å²) in [5.41, 5.74) is 1.79. The number of aldehydes is 1. The van der Waals surface area contributed by atoms with E-state index in [1.807, 2.05) is 60.7 Å². The Balaban J connectivity index is 2.05. The summed E-state index contributed by atoms with van der Waals surface area (Å²) in [4.78, 5) is 24.2. The van der Waals surface area contributed by atoms with Crippen molar-refractivity contribution < 1.29 is 22.7 Å². The van der Waals surface area contributed by atoms with Gasteiger partial charge in [0.25, 0.3) is 0 Å². The Bertz CT molecular complexity index is 888. The van der Waals surface area contributed by atoms with E-state index < -0.39 is 28.0 Å². The average Bonchev–Trinajstić information content (AvgIpc) is 2.71. The van der Waals surface area contributed by atoms with Gasteiger partial charge >= 0.3 is 0 Å². The summed E-state index contributed by atoms with van der Waals surface area (Å²) in [6.45, 7) is 0.102. The number of rotatable bonds is 11. The molecule has 1 N–H and O–H groups in total. The zero-order valence-corrected chi connectivity index (χ0v) is 17.3. The minimum atomic E-state index is -3.64. The molecule has 0 heterocycles. The van der Waals surface area contributed by atoms with Crippen LogP contribution in [0.5, 0.6) is 0 Å². The third-order valence-electron chi connectivity index (χ3n) is 4.44. The molecule has 2 rings (SSSR count). The topological polar surface area (TPSA) is 92.8 Å². The first-order valence-corrected chi connectivity index (χ1v) is 11.0. The molecular weight excluding hydrogens is 392 g/mol. The van der Waals surface area contributed by atoms with Crippen molar-refractivity contribution in [3.8, 4) is 0 Å². The number of ether oxygens (including phenoxy) is 1. The molecule has 0 radical (unpaired) electrons. The van der Waals surface area contributed by atoms with Crippen LogP contribution >= 0.6 is 0 Å². The van der Waals surface area contributed by atoms with E-state index in [-0.39, 0.29) is 13.2 Å². The summed E-state index contributed by atoms with van der Waals surface area (Å²) in [5, 5.41) is 2.62. The van der Waals surface area contributed by atoms with Gasteiger partial charge in [-0.2, -0.15) is 4.31 Å². The van der Waals surface area contributed by atoms with Crippen molar-refractivity contribution in [3.05, 3.63) is 71.8 Å². The van der Waals surface area contributed by atoms with Gasteiger partial charge in [-0.25, -0.2) is 8.42 Å². The van der Waals surface area contributed by atoms with Crippen molar-refractivity contribution in [2.75, 3.05) is 19.9 Å². The maximum atomic E-state index is 12.8. The van der Waals surface area contributed by atoms with Crippen LogP contribution < -0.4 is 5.32 Å². The number of hydrogen-bond acceptors (Lipinski definition) is 5. The van der Waals surface area contributed by atoms with Crippen molar-refractivity contribution >= 4 is 22.2 Å². The highest BCUT2D eigenvalue weighted by Crippen LogP contribution is 2.08. The molecular formula is C21H26N2O5S. The van der Waals surface area contributed by atoms with Gasteiger partial charge in [0.1, 0.15) is 12.3 Å². The average molecular weight is 419 g/mol. The van der Waals surface area contributed by atoms with Crippen LogP contribution in [0.2, 0.25) is 0 Å². The van der Waals surface area contributed by atoms with Crippen molar-refractivity contribution in [1.29, 1.82) is 0 Å². The minimum absolute atomic E-state index is 0.138. The molecule has 0 aliphatic heterocycles. The number of amides is 1. The quantitative estimate of drug-likeness (QED) is 0.557. The Morgan fingerprint density at radius 3 is 2.14 bits per heavy atom. The number of sulfonamides is 1. The Labute approximate surface area is 171 Å². The van der Waals surface area contributed by atoms with Crippen LogP contribution in [-0.2, 0) is 37.4 Å². The van der Waals surface area contributed by atoms with E-state index in [1.165, 1.54) is 7.05 Å². The van der Waals surface area contributed by atoms with E-state index >= 15 is 0 Å². The van der Waals surface area contributed by atoms with Crippen LogP contribution in [0.1, 0.15) is 11.1 Å². The van der Waals surface area contributed by atoms with Gasteiger partial charge < -0.3 is 14.8 Å². The van der Waals surface area contributed by atoms with Gasteiger partial charge in [-0.05, 0) is 17.5 Å². The zero-order chi connectivity index (χ0) is 21.3. The predicted octanol–water partition coefficient (Wildman–Crippen LogP) is 1.39. The molecule has 7 nitrogen and oxygen atoms in total. The first-order chi connectivity index (χ1) is 13.8. The largest absolute Gasteiger partial charge is 0.375 e. The Hall–Kier alpha value is -2.55. The highest BCUT2D eigenvalue weighted by atomic mass is 32.2. The standard InChI is InChI=1S/C21H26N2O5S/c1-23(29(2,26)27)20(16-28-15-18-11-7-4-8-12-18)21(25)22-19(14-24)13-17-9-5-3-6-10-17/h3-12,14,19-20H,13,15-16H2,1-2H3,(H,22,25)/t19-,20+/m0/s1. The van der Waals surface area contributed by atoms with Gasteiger partial charge in [0.15, 0.2) is 0 Å². The fraction of sp³-hybridized carbons (Fsp3) is 0.333. The smallest absolute Gasteiger partial charge is 0.241 e. The van der Waals surface area contributed by atoms with Gasteiger partial charge in [-0.15, -0.1) is 0 Å². The lowest BCUT2D eigenvalue weighted by molar-refractivity contribution is -0.129. The summed E-state index contributed by atoms with van der Waals surface area (Å²) in [5.74, 6) is -0.584. The highest BCUT2D eigenvalue weighted by molar-refractivity contribution is 7.88. The Morgan fingerprint density at radius 1 is 1.07 bits per heavy atom. The molecule has 0 spiro atoms. The van der Waals surface area contributed by atoms with Gasteiger partial charge in [0.2, 0.25) is 15.9 Å². The molecule has 156 valence electrons. The lowest BCUT2D eigenvalue weighted by Gasteiger charge is -2.26. The number of benzene rings is 2. The van der Waals surface area contributed by atoms with Crippen LogP contribution in [0.25, 0.3) is 0 Å². The molecule has 1 amide bonds. The van der Waals surface area contributed by atoms with Crippen LogP contribution in [0.4, 0.5) is 0 Å². The van der Waals surface area contributed by atoms with E-state index in [2.05, 4.69) is 5.32 Å².